The minimum atomic E-state index is -0.683. The maximum Gasteiger partial charge on any atom is 0.338 e. The highest BCUT2D eigenvalue weighted by molar-refractivity contribution is 7.80. The molecule has 0 saturated carbocycles. The Balaban J connectivity index is 2.43. The largest absolute Gasteiger partial charge is 0.458 e. The van der Waals surface area contributed by atoms with E-state index in [1.54, 1.807) is 25.1 Å². The summed E-state index contributed by atoms with van der Waals surface area (Å²) in [6, 6.07) is 5.55. The van der Waals surface area contributed by atoms with Gasteiger partial charge in [0.05, 0.1) is 11.6 Å². The normalized spacial score (nSPS) is 17.8. The molecule has 0 radical (unpaired) electrons. The molecule has 4 nitrogen and oxygen atoms in total. The maximum absolute atomic E-state index is 14.0. The molecule has 0 spiro atoms. The molecule has 1 aliphatic rings. The van der Waals surface area contributed by atoms with Crippen LogP contribution in [0, 0.1) is 5.82 Å². The van der Waals surface area contributed by atoms with Crippen molar-refractivity contribution in [2.75, 3.05) is 6.61 Å². The van der Waals surface area contributed by atoms with E-state index >= 15 is 0 Å². The van der Waals surface area contributed by atoms with Crippen LogP contribution in [0.5, 0.6) is 0 Å². The van der Waals surface area contributed by atoms with E-state index in [4.69, 9.17) is 17.0 Å². The molecule has 0 fully saturated rings. The Kier molecular flexibility index (Phi) is 4.70. The fourth-order valence-corrected chi connectivity index (χ4v) is 2.39. The summed E-state index contributed by atoms with van der Waals surface area (Å²) in [7, 11) is 0. The van der Waals surface area contributed by atoms with E-state index in [9.17, 15) is 9.18 Å². The lowest BCUT2D eigenvalue weighted by Crippen LogP contribution is -2.45. The second-order valence-corrected chi connectivity index (χ2v) is 4.89. The Morgan fingerprint density at radius 3 is 2.90 bits per heavy atom. The maximum atomic E-state index is 14.0. The average molecular weight is 306 g/mol. The molecule has 2 N–H and O–H groups in total. The molecule has 1 aliphatic heterocycles. The molecule has 6 heteroatoms. The average Bonchev–Trinajstić information content (AvgIpc) is 2.44. The molecule has 0 amide bonds. The van der Waals surface area contributed by atoms with Crippen molar-refractivity contribution in [3.8, 4) is 0 Å². The van der Waals surface area contributed by atoms with Gasteiger partial charge in [-0.2, -0.15) is 0 Å². The first kappa shape index (κ1) is 15.2. The Bertz CT molecular complexity index is 628. The van der Waals surface area contributed by atoms with E-state index in [0.29, 0.717) is 21.9 Å². The lowest BCUT2D eigenvalue weighted by atomic mass is 9.95. The second-order valence-electron chi connectivity index (χ2n) is 4.48. The van der Waals surface area contributed by atoms with Crippen molar-refractivity contribution in [2.45, 2.75) is 13.0 Å². The lowest BCUT2D eigenvalue weighted by molar-refractivity contribution is -0.138. The van der Waals surface area contributed by atoms with Gasteiger partial charge in [0.1, 0.15) is 12.4 Å². The summed E-state index contributed by atoms with van der Waals surface area (Å²) in [5.41, 5.74) is 1.18. The van der Waals surface area contributed by atoms with Crippen molar-refractivity contribution < 1.29 is 13.9 Å². The minimum Gasteiger partial charge on any atom is -0.458 e. The van der Waals surface area contributed by atoms with Crippen LogP contribution < -0.4 is 10.6 Å². The highest BCUT2D eigenvalue weighted by Gasteiger charge is 2.32. The number of carbonyl (C=O) groups is 1. The number of allylic oxidation sites excluding steroid dienone is 1. The third-order valence-electron chi connectivity index (χ3n) is 3.04. The summed E-state index contributed by atoms with van der Waals surface area (Å²) in [6.07, 6.45) is 1.47. The molecule has 21 heavy (non-hydrogen) atoms. The highest BCUT2D eigenvalue weighted by Crippen LogP contribution is 2.29. The Morgan fingerprint density at radius 1 is 1.52 bits per heavy atom. The molecule has 0 bridgehead atoms. The molecule has 0 aliphatic carbocycles. The first-order chi connectivity index (χ1) is 10.0. The third kappa shape index (κ3) is 3.28. The van der Waals surface area contributed by atoms with Crippen LogP contribution in [0.25, 0.3) is 0 Å². The zero-order valence-corrected chi connectivity index (χ0v) is 12.3. The minimum absolute atomic E-state index is 0.0874. The zero-order valence-electron chi connectivity index (χ0n) is 11.5. The predicted octanol–water partition coefficient (Wildman–Crippen LogP) is 2.35. The summed E-state index contributed by atoms with van der Waals surface area (Å²) < 4.78 is 19.1. The molecule has 1 aromatic rings. The summed E-state index contributed by atoms with van der Waals surface area (Å²) in [5, 5.41) is 6.10. The number of hydrogen-bond donors (Lipinski definition) is 2. The molecule has 0 aromatic heterocycles. The van der Waals surface area contributed by atoms with Gasteiger partial charge in [0, 0.05) is 11.3 Å². The van der Waals surface area contributed by atoms with Gasteiger partial charge >= 0.3 is 5.97 Å². The Hall–Kier alpha value is -2.21. The van der Waals surface area contributed by atoms with E-state index in [2.05, 4.69) is 17.2 Å². The first-order valence-corrected chi connectivity index (χ1v) is 6.76. The first-order valence-electron chi connectivity index (χ1n) is 6.35. The second kappa shape index (κ2) is 6.49. The molecule has 2 rings (SSSR count). The number of halogens is 1. The zero-order chi connectivity index (χ0) is 15.4. The Morgan fingerprint density at radius 2 is 2.24 bits per heavy atom. The SMILES string of the molecule is C=CCOC(=O)C1=C(C)NC(=S)NC1c1ccccc1F. The summed E-state index contributed by atoms with van der Waals surface area (Å²) in [4.78, 5) is 12.2. The van der Waals surface area contributed by atoms with Crippen molar-refractivity contribution in [3.63, 3.8) is 0 Å². The van der Waals surface area contributed by atoms with Crippen LogP contribution in [0.3, 0.4) is 0 Å². The van der Waals surface area contributed by atoms with E-state index in [1.807, 2.05) is 0 Å². The summed E-state index contributed by atoms with van der Waals surface area (Å²) in [5.74, 6) is -0.954. The smallest absolute Gasteiger partial charge is 0.338 e. The van der Waals surface area contributed by atoms with E-state index in [1.165, 1.54) is 12.1 Å². The molecular weight excluding hydrogens is 291 g/mol. The molecular formula is C15H15FN2O2S. The molecule has 1 unspecified atom stereocenters. The monoisotopic (exact) mass is 306 g/mol. The van der Waals surface area contributed by atoms with Crippen molar-refractivity contribution in [2.24, 2.45) is 0 Å². The molecule has 0 saturated heterocycles. The number of carbonyl (C=O) groups excluding carboxylic acids is 1. The van der Waals surface area contributed by atoms with Gasteiger partial charge in [-0.1, -0.05) is 30.9 Å². The van der Waals surface area contributed by atoms with Crippen molar-refractivity contribution in [3.05, 3.63) is 59.6 Å². The van der Waals surface area contributed by atoms with Crippen LogP contribution in [0.2, 0.25) is 0 Å². The van der Waals surface area contributed by atoms with Gasteiger partial charge < -0.3 is 15.4 Å². The number of nitrogens with one attached hydrogen (secondary N) is 2. The quantitative estimate of drug-likeness (QED) is 0.508. The number of ether oxygens (including phenoxy) is 1. The number of thiocarbonyl (C=S) groups is 1. The number of benzene rings is 1. The molecule has 1 heterocycles. The van der Waals surface area contributed by atoms with Crippen LogP contribution >= 0.6 is 12.2 Å². The molecule has 1 aromatic carbocycles. The molecule has 110 valence electrons. The number of rotatable bonds is 4. The predicted molar refractivity (Wildman–Crippen MR) is 81.9 cm³/mol. The summed E-state index contributed by atoms with van der Waals surface area (Å²) in [6.45, 7) is 5.28. The van der Waals surface area contributed by atoms with Crippen LogP contribution in [0.4, 0.5) is 4.39 Å². The van der Waals surface area contributed by atoms with Crippen molar-refractivity contribution in [1.29, 1.82) is 0 Å². The van der Waals surface area contributed by atoms with Crippen LogP contribution in [-0.2, 0) is 9.53 Å². The van der Waals surface area contributed by atoms with Gasteiger partial charge in [-0.25, -0.2) is 9.18 Å². The fourth-order valence-electron chi connectivity index (χ4n) is 2.12. The van der Waals surface area contributed by atoms with Gasteiger partial charge in [-0.3, -0.25) is 0 Å². The van der Waals surface area contributed by atoms with Gasteiger partial charge in [0.25, 0.3) is 0 Å². The van der Waals surface area contributed by atoms with Crippen LogP contribution in [0.1, 0.15) is 18.5 Å². The fraction of sp³-hybridized carbons (Fsp3) is 0.200. The van der Waals surface area contributed by atoms with E-state index in [0.717, 1.165) is 0 Å². The van der Waals surface area contributed by atoms with Gasteiger partial charge in [0.15, 0.2) is 5.11 Å². The van der Waals surface area contributed by atoms with Gasteiger partial charge in [-0.05, 0) is 25.2 Å². The number of hydrogen-bond acceptors (Lipinski definition) is 3. The van der Waals surface area contributed by atoms with Gasteiger partial charge in [-0.15, -0.1) is 0 Å². The topological polar surface area (TPSA) is 50.4 Å². The van der Waals surface area contributed by atoms with Gasteiger partial charge in [0.2, 0.25) is 0 Å². The van der Waals surface area contributed by atoms with E-state index < -0.39 is 17.8 Å². The number of esters is 1. The highest BCUT2D eigenvalue weighted by atomic mass is 32.1. The standard InChI is InChI=1S/C15H15FN2O2S/c1-3-8-20-14(19)12-9(2)17-15(21)18-13(12)10-6-4-5-7-11(10)16/h3-7,13H,1,8H2,2H3,(H2,17,18,21). The summed E-state index contributed by atoms with van der Waals surface area (Å²) >= 11 is 5.08. The molecule has 1 atom stereocenters. The Labute approximate surface area is 127 Å². The van der Waals surface area contributed by atoms with Crippen molar-refractivity contribution in [1.82, 2.24) is 10.6 Å². The van der Waals surface area contributed by atoms with Crippen LogP contribution in [0.15, 0.2) is 48.2 Å². The van der Waals surface area contributed by atoms with Crippen LogP contribution in [-0.4, -0.2) is 17.7 Å². The third-order valence-corrected chi connectivity index (χ3v) is 3.26. The van der Waals surface area contributed by atoms with E-state index in [-0.39, 0.29) is 6.61 Å². The van der Waals surface area contributed by atoms with Crippen molar-refractivity contribution >= 4 is 23.3 Å². The lowest BCUT2D eigenvalue weighted by Gasteiger charge is -2.29.